The molecule has 0 aromatic heterocycles. The number of carboxylic acid groups (broad SMARTS) is 1. The van der Waals surface area contributed by atoms with E-state index in [2.05, 4.69) is 93.7 Å². The number of hydrogen-bond acceptors (Lipinski definition) is 11. The van der Waals surface area contributed by atoms with Crippen LogP contribution in [0.3, 0.4) is 0 Å². The predicted molar refractivity (Wildman–Crippen MR) is 322 cm³/mol. The molecule has 1 aliphatic rings. The average Bonchev–Trinajstić information content (AvgIpc) is 3.47. The standard InChI is InChI=1S/C67H114O12/c1-4-7-10-13-16-19-22-25-27-29-30-32-33-36-38-41-44-47-50-53-59(68)75-56-58(77-60(69)54-51-48-45-42-39-35-24-21-18-15-12-9-6-3)57-76-67-65(63(72)62(71)64(79-67)66(73)74)78-61(70)55-52-49-46-43-40-37-34-31-28-26-23-20-17-14-11-8-5-2/h7,10,16,19,25-28,30,32,36,38,58,62-65,67,71-72H,4-6,8-9,11-15,17-18,20-24,29,31,33-35,37,39-57H2,1-3H3,(H,73,74)/b10-7-,19-16-,27-25-,28-26-,32-30-,38-36-. The first-order chi connectivity index (χ1) is 38.6. The number of unbranched alkanes of at least 4 members (excludes halogenated alkanes) is 28. The first-order valence-electron chi connectivity index (χ1n) is 31.9. The van der Waals surface area contributed by atoms with Crippen LogP contribution < -0.4 is 0 Å². The minimum absolute atomic E-state index is 0.0521. The lowest BCUT2D eigenvalue weighted by Crippen LogP contribution is -2.61. The molecule has 0 amide bonds. The van der Waals surface area contributed by atoms with Gasteiger partial charge in [0.25, 0.3) is 0 Å². The van der Waals surface area contributed by atoms with Crippen molar-refractivity contribution in [2.24, 2.45) is 0 Å². The van der Waals surface area contributed by atoms with Crippen LogP contribution in [0.4, 0.5) is 0 Å². The van der Waals surface area contributed by atoms with Gasteiger partial charge in [0.15, 0.2) is 24.6 Å². The first kappa shape index (κ1) is 73.2. The molecule has 454 valence electrons. The maximum Gasteiger partial charge on any atom is 0.335 e. The summed E-state index contributed by atoms with van der Waals surface area (Å²) < 4.78 is 28.5. The SMILES string of the molecule is CC/C=C\C/C=C\C/C=C\C/C=C\C/C=C\CCCCCC(=O)OCC(COC1OC(C(=O)O)C(O)C(O)C1OC(=O)CCCCCCCCC/C=C\CCCCCCCC)OC(=O)CCCCCCCCCCCCCCC. The Kier molecular flexibility index (Phi) is 50.7. The largest absolute Gasteiger partial charge is 0.479 e. The molecule has 0 aromatic rings. The highest BCUT2D eigenvalue weighted by Crippen LogP contribution is 2.27. The Balaban J connectivity index is 2.68. The fraction of sp³-hybridized carbons (Fsp3) is 0.761. The van der Waals surface area contributed by atoms with Crippen LogP contribution >= 0.6 is 0 Å². The summed E-state index contributed by atoms with van der Waals surface area (Å²) in [5.74, 6) is -3.15. The fourth-order valence-electron chi connectivity index (χ4n) is 9.39. The quantitative estimate of drug-likeness (QED) is 0.0228. The molecule has 3 N–H and O–H groups in total. The molecule has 1 saturated heterocycles. The zero-order valence-corrected chi connectivity index (χ0v) is 50.1. The number of esters is 3. The topological polar surface area (TPSA) is 175 Å². The molecule has 12 heteroatoms. The van der Waals surface area contributed by atoms with Crippen LogP contribution in [0, 0.1) is 0 Å². The highest BCUT2D eigenvalue weighted by Gasteiger charge is 2.50. The predicted octanol–water partition coefficient (Wildman–Crippen LogP) is 16.9. The summed E-state index contributed by atoms with van der Waals surface area (Å²) >= 11 is 0. The van der Waals surface area contributed by atoms with Gasteiger partial charge in [0.05, 0.1) is 6.61 Å². The third-order valence-corrected chi connectivity index (χ3v) is 14.3. The lowest BCUT2D eigenvalue weighted by Gasteiger charge is -2.40. The Morgan fingerprint density at radius 2 is 0.797 bits per heavy atom. The molecule has 0 saturated carbocycles. The molecule has 0 radical (unpaired) electrons. The van der Waals surface area contributed by atoms with Gasteiger partial charge in [-0.1, -0.05) is 241 Å². The van der Waals surface area contributed by atoms with Gasteiger partial charge in [-0.25, -0.2) is 4.79 Å². The summed E-state index contributed by atoms with van der Waals surface area (Å²) in [5.41, 5.74) is 0. The summed E-state index contributed by atoms with van der Waals surface area (Å²) in [6.07, 6.45) is 57.2. The molecule has 12 nitrogen and oxygen atoms in total. The van der Waals surface area contributed by atoms with E-state index in [0.717, 1.165) is 103 Å². The Hall–Kier alpha value is -3.84. The molecule has 0 aromatic carbocycles. The van der Waals surface area contributed by atoms with E-state index >= 15 is 0 Å². The second-order valence-corrected chi connectivity index (χ2v) is 21.7. The molecule has 1 heterocycles. The third-order valence-electron chi connectivity index (χ3n) is 14.3. The van der Waals surface area contributed by atoms with E-state index in [-0.39, 0.29) is 25.9 Å². The minimum Gasteiger partial charge on any atom is -0.479 e. The molecule has 6 unspecified atom stereocenters. The molecule has 1 fully saturated rings. The van der Waals surface area contributed by atoms with Crippen LogP contribution in [0.1, 0.15) is 278 Å². The Labute approximate surface area is 480 Å². The van der Waals surface area contributed by atoms with Gasteiger partial charge >= 0.3 is 23.9 Å². The Morgan fingerprint density at radius 1 is 0.430 bits per heavy atom. The van der Waals surface area contributed by atoms with E-state index in [0.29, 0.717) is 19.3 Å². The van der Waals surface area contributed by atoms with Crippen molar-refractivity contribution < 1.29 is 58.2 Å². The Bertz CT molecular complexity index is 1650. The number of aliphatic hydroxyl groups excluding tert-OH is 2. The molecular weight excluding hydrogens is 997 g/mol. The zero-order chi connectivity index (χ0) is 57.5. The highest BCUT2D eigenvalue weighted by molar-refractivity contribution is 5.74. The van der Waals surface area contributed by atoms with Crippen molar-refractivity contribution in [3.05, 3.63) is 72.9 Å². The van der Waals surface area contributed by atoms with Gasteiger partial charge in [0.1, 0.15) is 18.8 Å². The number of carboxylic acids is 1. The average molecular weight is 1110 g/mol. The van der Waals surface area contributed by atoms with Gasteiger partial charge in [0, 0.05) is 19.3 Å². The van der Waals surface area contributed by atoms with Crippen molar-refractivity contribution in [1.29, 1.82) is 0 Å². The number of allylic oxidation sites excluding steroid dienone is 12. The lowest BCUT2D eigenvalue weighted by atomic mass is 9.98. The van der Waals surface area contributed by atoms with Gasteiger partial charge < -0.3 is 39.0 Å². The number of ether oxygens (including phenoxy) is 5. The Morgan fingerprint density at radius 3 is 1.24 bits per heavy atom. The second-order valence-electron chi connectivity index (χ2n) is 21.7. The summed E-state index contributed by atoms with van der Waals surface area (Å²) in [6, 6.07) is 0. The molecule has 1 aliphatic heterocycles. The lowest BCUT2D eigenvalue weighted by molar-refractivity contribution is -0.301. The fourth-order valence-corrected chi connectivity index (χ4v) is 9.39. The summed E-state index contributed by atoms with van der Waals surface area (Å²) in [4.78, 5) is 51.3. The molecule has 0 aliphatic carbocycles. The van der Waals surface area contributed by atoms with Crippen molar-refractivity contribution in [3.8, 4) is 0 Å². The molecule has 1 rings (SSSR count). The van der Waals surface area contributed by atoms with Gasteiger partial charge in [-0.2, -0.15) is 0 Å². The van der Waals surface area contributed by atoms with Crippen molar-refractivity contribution in [3.63, 3.8) is 0 Å². The maximum atomic E-state index is 13.2. The van der Waals surface area contributed by atoms with Crippen molar-refractivity contribution >= 4 is 23.9 Å². The summed E-state index contributed by atoms with van der Waals surface area (Å²) in [6.45, 7) is 5.87. The van der Waals surface area contributed by atoms with Crippen LogP contribution in [0.25, 0.3) is 0 Å². The molecule has 0 bridgehead atoms. The van der Waals surface area contributed by atoms with E-state index in [4.69, 9.17) is 23.7 Å². The number of carbonyl (C=O) groups excluding carboxylic acids is 3. The minimum atomic E-state index is -1.91. The van der Waals surface area contributed by atoms with Gasteiger partial charge in [-0.3, -0.25) is 14.4 Å². The van der Waals surface area contributed by atoms with E-state index in [1.54, 1.807) is 0 Å². The number of aliphatic carboxylic acids is 1. The van der Waals surface area contributed by atoms with E-state index in [1.165, 1.54) is 116 Å². The normalized spacial score (nSPS) is 18.3. The smallest absolute Gasteiger partial charge is 0.335 e. The monoisotopic (exact) mass is 1110 g/mol. The van der Waals surface area contributed by atoms with Crippen molar-refractivity contribution in [2.75, 3.05) is 13.2 Å². The number of hydrogen-bond donors (Lipinski definition) is 3. The van der Waals surface area contributed by atoms with Gasteiger partial charge in [0.2, 0.25) is 0 Å². The van der Waals surface area contributed by atoms with Gasteiger partial charge in [-0.15, -0.1) is 0 Å². The van der Waals surface area contributed by atoms with Crippen LogP contribution in [0.15, 0.2) is 72.9 Å². The molecule has 0 spiro atoms. The molecular formula is C67H114O12. The van der Waals surface area contributed by atoms with Crippen LogP contribution in [0.5, 0.6) is 0 Å². The van der Waals surface area contributed by atoms with Crippen LogP contribution in [-0.4, -0.2) is 89.2 Å². The third kappa shape index (κ3) is 44.5. The maximum absolute atomic E-state index is 13.2. The van der Waals surface area contributed by atoms with Crippen molar-refractivity contribution in [1.82, 2.24) is 0 Å². The van der Waals surface area contributed by atoms with Crippen molar-refractivity contribution in [2.45, 2.75) is 314 Å². The summed E-state index contributed by atoms with van der Waals surface area (Å²) in [7, 11) is 0. The molecule has 79 heavy (non-hydrogen) atoms. The number of aliphatic hydroxyl groups is 2. The van der Waals surface area contributed by atoms with E-state index in [1.807, 2.05) is 0 Å². The van der Waals surface area contributed by atoms with Crippen LogP contribution in [0.2, 0.25) is 0 Å². The number of carbonyl (C=O) groups is 4. The van der Waals surface area contributed by atoms with Gasteiger partial charge in [-0.05, 0) is 89.9 Å². The number of rotatable bonds is 54. The van der Waals surface area contributed by atoms with E-state index < -0.39 is 67.3 Å². The van der Waals surface area contributed by atoms with Crippen LogP contribution in [-0.2, 0) is 42.9 Å². The zero-order valence-electron chi connectivity index (χ0n) is 50.1. The molecule has 6 atom stereocenters. The highest BCUT2D eigenvalue weighted by atomic mass is 16.7. The summed E-state index contributed by atoms with van der Waals surface area (Å²) in [5, 5.41) is 31.6. The second kappa shape index (κ2) is 54.7. The first-order valence-corrected chi connectivity index (χ1v) is 31.9. The van der Waals surface area contributed by atoms with E-state index in [9.17, 15) is 34.5 Å².